The molecule has 0 bridgehead atoms. The van der Waals surface area contributed by atoms with Crippen molar-refractivity contribution >= 4 is 46.5 Å². The van der Waals surface area contributed by atoms with Gasteiger partial charge < -0.3 is 0 Å². The zero-order valence-corrected chi connectivity index (χ0v) is 14.1. The first-order valence-electron chi connectivity index (χ1n) is 7.05. The molecule has 0 N–H and O–H groups in total. The number of aromatic nitrogens is 1. The second-order valence-corrected chi connectivity index (χ2v) is 6.62. The van der Waals surface area contributed by atoms with Crippen molar-refractivity contribution in [3.05, 3.63) is 86.6 Å². The van der Waals surface area contributed by atoms with Crippen LogP contribution in [0.25, 0.3) is 22.8 Å². The molecule has 0 atom stereocenters. The molecule has 0 spiro atoms. The molecule has 2 aromatic carbocycles. The van der Waals surface area contributed by atoms with Gasteiger partial charge in [-0.3, -0.25) is 4.98 Å². The third-order valence-electron chi connectivity index (χ3n) is 3.88. The van der Waals surface area contributed by atoms with Crippen molar-refractivity contribution in [2.24, 2.45) is 0 Å². The molecule has 4 rings (SSSR count). The molecule has 3 aromatic rings. The van der Waals surface area contributed by atoms with Crippen LogP contribution in [-0.2, 0) is 0 Å². The molecule has 1 aliphatic carbocycles. The lowest BCUT2D eigenvalue weighted by atomic mass is 10.0. The molecule has 1 heterocycles. The van der Waals surface area contributed by atoms with E-state index in [4.69, 9.17) is 34.8 Å². The number of benzene rings is 2. The van der Waals surface area contributed by atoms with E-state index in [1.54, 1.807) is 12.3 Å². The number of pyridine rings is 1. The summed E-state index contributed by atoms with van der Waals surface area (Å²) < 4.78 is 0. The average molecular weight is 359 g/mol. The van der Waals surface area contributed by atoms with Crippen LogP contribution in [0.3, 0.4) is 0 Å². The maximum absolute atomic E-state index is 6.45. The summed E-state index contributed by atoms with van der Waals surface area (Å²) in [4.78, 5) is 4.17. The highest BCUT2D eigenvalue weighted by Gasteiger charge is 2.26. The summed E-state index contributed by atoms with van der Waals surface area (Å²) in [5.74, 6) is 0. The molecule has 0 fully saturated rings. The van der Waals surface area contributed by atoms with E-state index in [0.29, 0.717) is 15.1 Å². The molecule has 1 nitrogen and oxygen atoms in total. The summed E-state index contributed by atoms with van der Waals surface area (Å²) in [5, 5.41) is 1.95. The first-order chi connectivity index (χ1) is 11.1. The number of hydrogen-bond donors (Lipinski definition) is 0. The molecule has 0 unspecified atom stereocenters. The van der Waals surface area contributed by atoms with Crippen molar-refractivity contribution in [1.29, 1.82) is 0 Å². The molecule has 112 valence electrons. The predicted octanol–water partition coefficient (Wildman–Crippen LogP) is 6.61. The maximum Gasteiger partial charge on any atom is 0.0505 e. The van der Waals surface area contributed by atoms with Crippen LogP contribution < -0.4 is 0 Å². The topological polar surface area (TPSA) is 12.9 Å². The fraction of sp³-hybridized carbons (Fsp3) is 0. The van der Waals surface area contributed by atoms with Gasteiger partial charge >= 0.3 is 0 Å². The normalized spacial score (nSPS) is 14.0. The summed E-state index contributed by atoms with van der Waals surface area (Å²) in [6.45, 7) is 0. The van der Waals surface area contributed by atoms with E-state index in [1.165, 1.54) is 0 Å². The fourth-order valence-corrected chi connectivity index (χ4v) is 3.71. The highest BCUT2D eigenvalue weighted by atomic mass is 35.5. The Kier molecular flexibility index (Phi) is 3.65. The Morgan fingerprint density at radius 1 is 0.826 bits per heavy atom. The van der Waals surface area contributed by atoms with Gasteiger partial charge in [-0.2, -0.15) is 0 Å². The Bertz CT molecular complexity index is 946. The van der Waals surface area contributed by atoms with Crippen molar-refractivity contribution in [2.45, 2.75) is 0 Å². The van der Waals surface area contributed by atoms with Gasteiger partial charge in [-0.15, -0.1) is 0 Å². The first-order valence-corrected chi connectivity index (χ1v) is 8.18. The lowest BCUT2D eigenvalue weighted by molar-refractivity contribution is 1.32. The molecule has 0 radical (unpaired) electrons. The SMILES string of the molecule is Clc1ccc2c(c1)/C(=C\c1cccnc1)c1cc(Cl)cc(Cl)c1-2. The van der Waals surface area contributed by atoms with Gasteiger partial charge in [0, 0.05) is 28.0 Å². The lowest BCUT2D eigenvalue weighted by Crippen LogP contribution is -1.84. The molecule has 0 saturated carbocycles. The van der Waals surface area contributed by atoms with E-state index < -0.39 is 0 Å². The van der Waals surface area contributed by atoms with Crippen LogP contribution in [-0.4, -0.2) is 4.98 Å². The van der Waals surface area contributed by atoms with Gasteiger partial charge in [-0.05, 0) is 64.2 Å². The molecule has 1 aromatic heterocycles. The molecule has 4 heteroatoms. The van der Waals surface area contributed by atoms with E-state index in [-0.39, 0.29) is 0 Å². The summed E-state index contributed by atoms with van der Waals surface area (Å²) in [7, 11) is 0. The van der Waals surface area contributed by atoms with Gasteiger partial charge in [0.25, 0.3) is 0 Å². The summed E-state index contributed by atoms with van der Waals surface area (Å²) in [6, 6.07) is 13.5. The number of hydrogen-bond acceptors (Lipinski definition) is 1. The molecule has 0 saturated heterocycles. The van der Waals surface area contributed by atoms with Crippen LogP contribution in [0, 0.1) is 0 Å². The average Bonchev–Trinajstić information content (AvgIpc) is 2.82. The second kappa shape index (κ2) is 5.68. The minimum atomic E-state index is 0.615. The van der Waals surface area contributed by atoms with E-state index in [0.717, 1.165) is 33.4 Å². The lowest BCUT2D eigenvalue weighted by Gasteiger charge is -2.05. The second-order valence-electron chi connectivity index (χ2n) is 5.34. The van der Waals surface area contributed by atoms with Crippen LogP contribution >= 0.6 is 34.8 Å². The molecular weight excluding hydrogens is 349 g/mol. The Morgan fingerprint density at radius 3 is 2.43 bits per heavy atom. The first kappa shape index (κ1) is 14.8. The number of nitrogens with zero attached hydrogens (tertiary/aromatic N) is 1. The predicted molar refractivity (Wildman–Crippen MR) is 98.1 cm³/mol. The van der Waals surface area contributed by atoms with Crippen molar-refractivity contribution < 1.29 is 0 Å². The van der Waals surface area contributed by atoms with Gasteiger partial charge in [-0.1, -0.05) is 46.9 Å². The van der Waals surface area contributed by atoms with Crippen LogP contribution in [0.1, 0.15) is 16.7 Å². The Morgan fingerprint density at radius 2 is 1.65 bits per heavy atom. The van der Waals surface area contributed by atoms with Crippen LogP contribution in [0.4, 0.5) is 0 Å². The molecule has 23 heavy (non-hydrogen) atoms. The fourth-order valence-electron chi connectivity index (χ4n) is 2.95. The summed E-state index contributed by atoms with van der Waals surface area (Å²) >= 11 is 18.9. The van der Waals surface area contributed by atoms with Gasteiger partial charge in [-0.25, -0.2) is 0 Å². The van der Waals surface area contributed by atoms with Crippen molar-refractivity contribution in [1.82, 2.24) is 4.98 Å². The van der Waals surface area contributed by atoms with Crippen molar-refractivity contribution in [3.8, 4) is 11.1 Å². The van der Waals surface area contributed by atoms with Gasteiger partial charge in [0.2, 0.25) is 0 Å². The van der Waals surface area contributed by atoms with E-state index in [9.17, 15) is 0 Å². The molecule has 0 amide bonds. The quantitative estimate of drug-likeness (QED) is 0.373. The number of rotatable bonds is 1. The number of fused-ring (bicyclic) bond motifs is 3. The third-order valence-corrected chi connectivity index (χ3v) is 4.63. The Hall–Kier alpha value is -1.80. The van der Waals surface area contributed by atoms with Gasteiger partial charge in [0.15, 0.2) is 0 Å². The van der Waals surface area contributed by atoms with Crippen molar-refractivity contribution in [3.63, 3.8) is 0 Å². The zero-order valence-electron chi connectivity index (χ0n) is 11.9. The minimum absolute atomic E-state index is 0.615. The highest BCUT2D eigenvalue weighted by molar-refractivity contribution is 6.38. The standard InChI is InChI=1S/C19H10Cl3N/c20-12-3-4-14-16(7-12)15(6-11-2-1-5-23-10-11)17-8-13(21)9-18(22)19(14)17/h1-10H/b15-6+. The van der Waals surface area contributed by atoms with Crippen molar-refractivity contribution in [2.75, 3.05) is 0 Å². The van der Waals surface area contributed by atoms with Crippen LogP contribution in [0.15, 0.2) is 54.9 Å². The maximum atomic E-state index is 6.45. The van der Waals surface area contributed by atoms with E-state index in [1.807, 2.05) is 42.6 Å². The third kappa shape index (κ3) is 2.55. The monoisotopic (exact) mass is 357 g/mol. The van der Waals surface area contributed by atoms with Gasteiger partial charge in [0.1, 0.15) is 0 Å². The van der Waals surface area contributed by atoms with E-state index in [2.05, 4.69) is 11.1 Å². The summed E-state index contributed by atoms with van der Waals surface area (Å²) in [6.07, 6.45) is 5.66. The zero-order chi connectivity index (χ0) is 16.0. The summed E-state index contributed by atoms with van der Waals surface area (Å²) in [5.41, 5.74) is 6.20. The molecule has 1 aliphatic rings. The van der Waals surface area contributed by atoms with E-state index >= 15 is 0 Å². The Balaban J connectivity index is 2.04. The highest BCUT2D eigenvalue weighted by Crippen LogP contribution is 2.49. The van der Waals surface area contributed by atoms with Crippen LogP contribution in [0.5, 0.6) is 0 Å². The number of halogens is 3. The molecule has 0 aliphatic heterocycles. The molecular formula is C19H10Cl3N. The van der Waals surface area contributed by atoms with Gasteiger partial charge in [0.05, 0.1) is 5.02 Å². The minimum Gasteiger partial charge on any atom is -0.264 e. The Labute approximate surface area is 149 Å². The largest absolute Gasteiger partial charge is 0.264 e. The smallest absolute Gasteiger partial charge is 0.0505 e. The van der Waals surface area contributed by atoms with Crippen LogP contribution in [0.2, 0.25) is 15.1 Å².